The third kappa shape index (κ3) is 5.96. The van der Waals surface area contributed by atoms with Gasteiger partial charge in [-0.05, 0) is 67.6 Å². The number of nitrogens with zero attached hydrogens (tertiary/aromatic N) is 7. The highest BCUT2D eigenvalue weighted by atomic mass is 19.4. The normalized spacial score (nSPS) is 14.5. The first-order valence-corrected chi connectivity index (χ1v) is 13.7. The van der Waals surface area contributed by atoms with Crippen molar-refractivity contribution in [3.8, 4) is 12.1 Å². The van der Waals surface area contributed by atoms with Crippen molar-refractivity contribution in [3.63, 3.8) is 0 Å². The standard InChI is InChI=1S/C32H26F3N7O2/c1-21-27(20-37)28(24-15-13-23(19-36)14-16-24)42-30(41(21)26-12-7-11-25(18-26)32(33,34)35)38-29(39-42)40(31(43)44)17-6-5-10-22-8-3-2-4-9-22/h2-4,7-9,11-16,18,28H,5-6,10,17H2,1H3,(H,43,44)/t28-/m1/s1. The lowest BCUT2D eigenvalue weighted by molar-refractivity contribution is -0.137. The molecule has 0 aliphatic carbocycles. The molecule has 0 spiro atoms. The van der Waals surface area contributed by atoms with E-state index in [9.17, 15) is 33.6 Å². The van der Waals surface area contributed by atoms with Crippen LogP contribution in [0.5, 0.6) is 0 Å². The van der Waals surface area contributed by atoms with E-state index in [4.69, 9.17) is 0 Å². The summed E-state index contributed by atoms with van der Waals surface area (Å²) in [7, 11) is 0. The van der Waals surface area contributed by atoms with Crippen molar-refractivity contribution in [1.29, 1.82) is 10.5 Å². The number of amides is 1. The number of fused-ring (bicyclic) bond motifs is 1. The van der Waals surface area contributed by atoms with Gasteiger partial charge in [-0.1, -0.05) is 48.5 Å². The third-order valence-electron chi connectivity index (χ3n) is 7.37. The number of aryl methyl sites for hydroxylation is 1. The number of allylic oxidation sites excluding steroid dienone is 2. The summed E-state index contributed by atoms with van der Waals surface area (Å²) < 4.78 is 42.3. The molecule has 12 heteroatoms. The fraction of sp³-hybridized carbons (Fsp3) is 0.219. The highest BCUT2D eigenvalue weighted by Gasteiger charge is 2.38. The fourth-order valence-electron chi connectivity index (χ4n) is 5.18. The van der Waals surface area contributed by atoms with Crippen molar-refractivity contribution in [1.82, 2.24) is 14.8 Å². The van der Waals surface area contributed by atoms with Gasteiger partial charge in [0.2, 0.25) is 5.95 Å². The summed E-state index contributed by atoms with van der Waals surface area (Å²) in [5.74, 6) is -0.129. The predicted molar refractivity (Wildman–Crippen MR) is 156 cm³/mol. The van der Waals surface area contributed by atoms with Crippen LogP contribution >= 0.6 is 0 Å². The van der Waals surface area contributed by atoms with Crippen LogP contribution in [0.2, 0.25) is 0 Å². The van der Waals surface area contributed by atoms with Gasteiger partial charge < -0.3 is 5.11 Å². The molecule has 1 aliphatic heterocycles. The van der Waals surface area contributed by atoms with Crippen molar-refractivity contribution in [2.24, 2.45) is 0 Å². The van der Waals surface area contributed by atoms with Crippen LogP contribution in [0, 0.1) is 22.7 Å². The van der Waals surface area contributed by atoms with E-state index in [-0.39, 0.29) is 29.7 Å². The summed E-state index contributed by atoms with van der Waals surface area (Å²) in [6, 6.07) is 24.1. The molecule has 1 amide bonds. The maximum absolute atomic E-state index is 13.7. The number of rotatable bonds is 8. The van der Waals surface area contributed by atoms with Gasteiger partial charge in [0.25, 0.3) is 5.95 Å². The van der Waals surface area contributed by atoms with Gasteiger partial charge in [-0.3, -0.25) is 4.90 Å². The van der Waals surface area contributed by atoms with Crippen molar-refractivity contribution >= 4 is 23.7 Å². The minimum atomic E-state index is -4.62. The Bertz CT molecular complexity index is 1790. The lowest BCUT2D eigenvalue weighted by Crippen LogP contribution is -2.32. The SMILES string of the molecule is CC1=C(C#N)[C@@H](c2ccc(C#N)cc2)n2nc(N(CCCCc3ccccc3)C(=O)O)nc2N1c1cccc(C(F)(F)F)c1. The van der Waals surface area contributed by atoms with Crippen molar-refractivity contribution in [2.45, 2.75) is 38.4 Å². The zero-order valence-corrected chi connectivity index (χ0v) is 23.5. The number of anilines is 3. The number of benzene rings is 3. The number of carboxylic acid groups (broad SMARTS) is 1. The van der Waals surface area contributed by atoms with Gasteiger partial charge in [-0.2, -0.15) is 28.7 Å². The average molecular weight is 598 g/mol. The van der Waals surface area contributed by atoms with Gasteiger partial charge in [0, 0.05) is 17.9 Å². The van der Waals surface area contributed by atoms with Crippen LogP contribution in [0.1, 0.15) is 48.1 Å². The van der Waals surface area contributed by atoms with Crippen LogP contribution in [0.4, 0.5) is 35.5 Å². The van der Waals surface area contributed by atoms with Crippen molar-refractivity contribution in [2.75, 3.05) is 16.3 Å². The highest BCUT2D eigenvalue weighted by Crippen LogP contribution is 2.43. The molecule has 0 saturated heterocycles. The molecule has 0 saturated carbocycles. The van der Waals surface area contributed by atoms with Gasteiger partial charge in [-0.25, -0.2) is 14.4 Å². The topological polar surface area (TPSA) is 122 Å². The second-order valence-corrected chi connectivity index (χ2v) is 10.2. The maximum Gasteiger partial charge on any atom is 0.416 e. The fourth-order valence-corrected chi connectivity index (χ4v) is 5.18. The quantitative estimate of drug-likeness (QED) is 0.213. The number of carbonyl (C=O) groups is 1. The van der Waals surface area contributed by atoms with Gasteiger partial charge in [0.1, 0.15) is 6.04 Å². The molecule has 5 rings (SSSR count). The predicted octanol–water partition coefficient (Wildman–Crippen LogP) is 7.21. The molecule has 9 nitrogen and oxygen atoms in total. The summed E-state index contributed by atoms with van der Waals surface area (Å²) in [6.45, 7) is 1.67. The second kappa shape index (κ2) is 12.3. The minimum Gasteiger partial charge on any atom is -0.465 e. The summed E-state index contributed by atoms with van der Waals surface area (Å²) in [5.41, 5.74) is 1.73. The maximum atomic E-state index is 13.7. The highest BCUT2D eigenvalue weighted by molar-refractivity contribution is 5.84. The van der Waals surface area contributed by atoms with Crippen LogP contribution in [0.3, 0.4) is 0 Å². The molecule has 3 aromatic carbocycles. The first-order chi connectivity index (χ1) is 21.1. The molecule has 44 heavy (non-hydrogen) atoms. The Hall–Kier alpha value is -5.62. The molecule has 0 radical (unpaired) electrons. The Morgan fingerprint density at radius 3 is 2.36 bits per heavy atom. The summed E-state index contributed by atoms with van der Waals surface area (Å²) in [6.07, 6.45) is -3.96. The molecule has 4 aromatic rings. The number of alkyl halides is 3. The number of hydrogen-bond acceptors (Lipinski definition) is 6. The molecule has 0 unspecified atom stereocenters. The Labute approximate surface area is 251 Å². The van der Waals surface area contributed by atoms with Crippen LogP contribution in [-0.4, -0.2) is 32.5 Å². The van der Waals surface area contributed by atoms with E-state index in [1.807, 2.05) is 36.4 Å². The molecule has 1 atom stereocenters. The average Bonchev–Trinajstić information content (AvgIpc) is 3.44. The number of unbranched alkanes of at least 4 members (excludes halogenated alkanes) is 1. The summed E-state index contributed by atoms with van der Waals surface area (Å²) in [4.78, 5) is 19.3. The number of hydrogen-bond donors (Lipinski definition) is 1. The summed E-state index contributed by atoms with van der Waals surface area (Å²) in [5, 5.41) is 34.2. The van der Waals surface area contributed by atoms with Crippen LogP contribution in [-0.2, 0) is 12.6 Å². The van der Waals surface area contributed by atoms with Crippen LogP contribution in [0.25, 0.3) is 0 Å². The van der Waals surface area contributed by atoms with E-state index in [1.54, 1.807) is 31.2 Å². The van der Waals surface area contributed by atoms with Gasteiger partial charge >= 0.3 is 12.3 Å². The molecular weight excluding hydrogens is 571 g/mol. The Morgan fingerprint density at radius 1 is 1.00 bits per heavy atom. The lowest BCUT2D eigenvalue weighted by atomic mass is 9.95. The monoisotopic (exact) mass is 597 g/mol. The second-order valence-electron chi connectivity index (χ2n) is 10.2. The summed E-state index contributed by atoms with van der Waals surface area (Å²) >= 11 is 0. The Morgan fingerprint density at radius 2 is 1.73 bits per heavy atom. The molecule has 0 bridgehead atoms. The van der Waals surface area contributed by atoms with E-state index < -0.39 is 23.9 Å². The number of nitriles is 2. The van der Waals surface area contributed by atoms with E-state index in [0.717, 1.165) is 29.0 Å². The number of aromatic nitrogens is 3. The Balaban J connectivity index is 1.58. The zero-order valence-electron chi connectivity index (χ0n) is 23.5. The van der Waals surface area contributed by atoms with E-state index in [2.05, 4.69) is 16.2 Å². The van der Waals surface area contributed by atoms with Gasteiger partial charge in [0.05, 0.1) is 28.8 Å². The molecule has 1 aliphatic rings. The van der Waals surface area contributed by atoms with Crippen LogP contribution in [0.15, 0.2) is 90.1 Å². The molecule has 1 aromatic heterocycles. The van der Waals surface area contributed by atoms with E-state index in [0.29, 0.717) is 29.7 Å². The molecule has 0 fully saturated rings. The Kier molecular flexibility index (Phi) is 8.36. The molecule has 222 valence electrons. The molecular formula is C32H26F3N7O2. The molecule has 2 heterocycles. The third-order valence-corrected chi connectivity index (χ3v) is 7.37. The first kappa shape index (κ1) is 29.9. The van der Waals surface area contributed by atoms with E-state index >= 15 is 0 Å². The van der Waals surface area contributed by atoms with E-state index in [1.165, 1.54) is 21.7 Å². The van der Waals surface area contributed by atoms with Crippen molar-refractivity contribution < 1.29 is 23.1 Å². The lowest BCUT2D eigenvalue weighted by Gasteiger charge is -2.34. The largest absolute Gasteiger partial charge is 0.465 e. The van der Waals surface area contributed by atoms with Crippen molar-refractivity contribution in [3.05, 3.63) is 112 Å². The van der Waals surface area contributed by atoms with Crippen LogP contribution < -0.4 is 9.80 Å². The molecule has 1 N–H and O–H groups in total. The smallest absolute Gasteiger partial charge is 0.416 e. The number of halogens is 3. The van der Waals surface area contributed by atoms with Gasteiger partial charge in [0.15, 0.2) is 0 Å². The minimum absolute atomic E-state index is 0.0423. The van der Waals surface area contributed by atoms with Gasteiger partial charge in [-0.15, -0.1) is 5.10 Å². The zero-order chi connectivity index (χ0) is 31.4. The first-order valence-electron chi connectivity index (χ1n) is 13.7.